The lowest BCUT2D eigenvalue weighted by molar-refractivity contribution is -0.121. The Kier molecular flexibility index (Phi) is 3.18. The van der Waals surface area contributed by atoms with Crippen molar-refractivity contribution in [3.05, 3.63) is 0 Å². The molecule has 64 valence electrons. The van der Waals surface area contributed by atoms with E-state index >= 15 is 0 Å². The smallest absolute Gasteiger partial charge is 0.238 e. The summed E-state index contributed by atoms with van der Waals surface area (Å²) in [6.45, 7) is 2.03. The Morgan fingerprint density at radius 3 is 2.82 bits per heavy atom. The number of carbonyl (C=O) groups excluding carboxylic acids is 1. The maximum Gasteiger partial charge on any atom is 0.238 e. The van der Waals surface area contributed by atoms with Gasteiger partial charge in [0.1, 0.15) is 5.38 Å². The minimum absolute atomic E-state index is 0.0102. The molecule has 0 radical (unpaired) electrons. The topological polar surface area (TPSA) is 29.1 Å². The van der Waals surface area contributed by atoms with E-state index < -0.39 is 0 Å². The van der Waals surface area contributed by atoms with Gasteiger partial charge in [-0.15, -0.1) is 11.6 Å². The summed E-state index contributed by atoms with van der Waals surface area (Å²) in [4.78, 5) is 11.1. The van der Waals surface area contributed by atoms with Crippen LogP contribution in [0.5, 0.6) is 0 Å². The highest BCUT2D eigenvalue weighted by Gasteiger charge is 2.25. The molecule has 0 aromatic carbocycles. The van der Waals surface area contributed by atoms with Gasteiger partial charge in [0, 0.05) is 6.04 Å². The van der Waals surface area contributed by atoms with Crippen LogP contribution in [-0.2, 0) is 4.79 Å². The van der Waals surface area contributed by atoms with E-state index in [4.69, 9.17) is 11.6 Å². The molecule has 0 bridgehead atoms. The lowest BCUT2D eigenvalue weighted by Gasteiger charge is -2.07. The second-order valence-electron chi connectivity index (χ2n) is 3.04. The van der Waals surface area contributed by atoms with Gasteiger partial charge in [0.15, 0.2) is 0 Å². The SMILES string of the molecule is CCCC(Cl)C(=O)NC1CC1. The van der Waals surface area contributed by atoms with Crippen molar-refractivity contribution in [1.29, 1.82) is 0 Å². The molecule has 1 atom stereocenters. The molecule has 11 heavy (non-hydrogen) atoms. The largest absolute Gasteiger partial charge is 0.352 e. The van der Waals surface area contributed by atoms with Crippen molar-refractivity contribution in [3.8, 4) is 0 Å². The Hall–Kier alpha value is -0.240. The van der Waals surface area contributed by atoms with Crippen LogP contribution in [-0.4, -0.2) is 17.3 Å². The van der Waals surface area contributed by atoms with Crippen LogP contribution in [0.2, 0.25) is 0 Å². The molecule has 1 aliphatic carbocycles. The van der Waals surface area contributed by atoms with Gasteiger partial charge < -0.3 is 5.32 Å². The van der Waals surface area contributed by atoms with Crippen molar-refractivity contribution < 1.29 is 4.79 Å². The van der Waals surface area contributed by atoms with Crippen LogP contribution in [0.25, 0.3) is 0 Å². The van der Waals surface area contributed by atoms with Crippen LogP contribution in [0.1, 0.15) is 32.6 Å². The second-order valence-corrected chi connectivity index (χ2v) is 3.57. The Bertz CT molecular complexity index is 145. The Morgan fingerprint density at radius 2 is 2.36 bits per heavy atom. The maximum atomic E-state index is 11.1. The van der Waals surface area contributed by atoms with Gasteiger partial charge in [0.05, 0.1) is 0 Å². The Balaban J connectivity index is 2.15. The molecule has 1 amide bonds. The summed E-state index contributed by atoms with van der Waals surface area (Å²) in [5.74, 6) is 0.0102. The van der Waals surface area contributed by atoms with Crippen molar-refractivity contribution in [2.75, 3.05) is 0 Å². The quantitative estimate of drug-likeness (QED) is 0.648. The molecular weight excluding hydrogens is 162 g/mol. The van der Waals surface area contributed by atoms with Crippen LogP contribution >= 0.6 is 11.6 Å². The monoisotopic (exact) mass is 175 g/mol. The highest BCUT2D eigenvalue weighted by Crippen LogP contribution is 2.19. The molecule has 0 aliphatic heterocycles. The summed E-state index contributed by atoms with van der Waals surface area (Å²) < 4.78 is 0. The molecule has 1 saturated carbocycles. The summed E-state index contributed by atoms with van der Waals surface area (Å²) in [6, 6.07) is 0.431. The van der Waals surface area contributed by atoms with Gasteiger partial charge in [-0.1, -0.05) is 13.3 Å². The number of hydrogen-bond acceptors (Lipinski definition) is 1. The van der Waals surface area contributed by atoms with Crippen molar-refractivity contribution in [1.82, 2.24) is 5.32 Å². The minimum Gasteiger partial charge on any atom is -0.352 e. The summed E-state index contributed by atoms with van der Waals surface area (Å²) in [6.07, 6.45) is 4.00. The number of hydrogen-bond donors (Lipinski definition) is 1. The van der Waals surface area contributed by atoms with Gasteiger partial charge in [-0.05, 0) is 19.3 Å². The molecule has 1 fully saturated rings. The van der Waals surface area contributed by atoms with Gasteiger partial charge >= 0.3 is 0 Å². The highest BCUT2D eigenvalue weighted by molar-refractivity contribution is 6.30. The van der Waals surface area contributed by atoms with Crippen molar-refractivity contribution >= 4 is 17.5 Å². The molecule has 0 saturated heterocycles. The molecule has 0 spiro atoms. The Labute approximate surface area is 72.3 Å². The predicted molar refractivity (Wildman–Crippen MR) is 45.7 cm³/mol. The predicted octanol–water partition coefficient (Wildman–Crippen LogP) is 1.67. The fourth-order valence-corrected chi connectivity index (χ4v) is 1.19. The van der Waals surface area contributed by atoms with Crippen LogP contribution < -0.4 is 5.32 Å². The fourth-order valence-electron chi connectivity index (χ4n) is 0.904. The molecule has 2 nitrogen and oxygen atoms in total. The van der Waals surface area contributed by atoms with Crippen LogP contribution in [0.3, 0.4) is 0 Å². The van der Waals surface area contributed by atoms with E-state index in [0.717, 1.165) is 25.7 Å². The number of alkyl halides is 1. The van der Waals surface area contributed by atoms with E-state index in [-0.39, 0.29) is 11.3 Å². The first-order valence-corrected chi connectivity index (χ1v) is 4.62. The van der Waals surface area contributed by atoms with Crippen molar-refractivity contribution in [2.45, 2.75) is 44.0 Å². The van der Waals surface area contributed by atoms with Crippen LogP contribution in [0.15, 0.2) is 0 Å². The van der Waals surface area contributed by atoms with E-state index in [9.17, 15) is 4.79 Å². The zero-order chi connectivity index (χ0) is 8.27. The molecule has 1 unspecified atom stereocenters. The molecule has 0 aromatic heterocycles. The summed E-state index contributed by atoms with van der Waals surface area (Å²) in [7, 11) is 0. The number of rotatable bonds is 4. The van der Waals surface area contributed by atoms with Gasteiger partial charge in [0.25, 0.3) is 0 Å². The summed E-state index contributed by atoms with van der Waals surface area (Å²) in [5.41, 5.74) is 0. The van der Waals surface area contributed by atoms with Gasteiger partial charge in [-0.3, -0.25) is 4.79 Å². The first-order valence-electron chi connectivity index (χ1n) is 4.18. The fraction of sp³-hybridized carbons (Fsp3) is 0.875. The van der Waals surface area contributed by atoms with Crippen LogP contribution in [0.4, 0.5) is 0 Å². The highest BCUT2D eigenvalue weighted by atomic mass is 35.5. The van der Waals surface area contributed by atoms with E-state index in [1.54, 1.807) is 0 Å². The average molecular weight is 176 g/mol. The molecule has 0 heterocycles. The van der Waals surface area contributed by atoms with Crippen molar-refractivity contribution in [2.24, 2.45) is 0 Å². The third-order valence-electron chi connectivity index (χ3n) is 1.75. The van der Waals surface area contributed by atoms with Crippen LogP contribution in [0, 0.1) is 0 Å². The number of amides is 1. The summed E-state index contributed by atoms with van der Waals surface area (Å²) >= 11 is 5.79. The number of nitrogens with one attached hydrogen (secondary N) is 1. The lowest BCUT2D eigenvalue weighted by atomic mass is 10.2. The molecular formula is C8H14ClNO. The second kappa shape index (κ2) is 3.96. The zero-order valence-electron chi connectivity index (χ0n) is 6.77. The van der Waals surface area contributed by atoms with E-state index in [0.29, 0.717) is 6.04 Å². The average Bonchev–Trinajstić information content (AvgIpc) is 2.72. The maximum absolute atomic E-state index is 11.1. The minimum atomic E-state index is -0.319. The number of carbonyl (C=O) groups is 1. The normalized spacial score (nSPS) is 19.5. The van der Waals surface area contributed by atoms with Crippen molar-refractivity contribution in [3.63, 3.8) is 0 Å². The Morgan fingerprint density at radius 1 is 1.73 bits per heavy atom. The van der Waals surface area contributed by atoms with Gasteiger partial charge in [-0.25, -0.2) is 0 Å². The number of halogens is 1. The lowest BCUT2D eigenvalue weighted by Crippen LogP contribution is -2.32. The summed E-state index contributed by atoms with van der Waals surface area (Å²) in [5, 5.41) is 2.55. The van der Waals surface area contributed by atoms with E-state index in [2.05, 4.69) is 5.32 Å². The molecule has 1 rings (SSSR count). The third-order valence-corrected chi connectivity index (χ3v) is 2.17. The first kappa shape index (κ1) is 8.85. The van der Waals surface area contributed by atoms with E-state index in [1.807, 2.05) is 6.92 Å². The molecule has 1 N–H and O–H groups in total. The molecule has 0 aromatic rings. The zero-order valence-corrected chi connectivity index (χ0v) is 7.53. The van der Waals surface area contributed by atoms with Gasteiger partial charge in [-0.2, -0.15) is 0 Å². The molecule has 1 aliphatic rings. The first-order chi connectivity index (χ1) is 5.24. The standard InChI is InChI=1S/C8H14ClNO/c1-2-3-7(9)8(11)10-6-4-5-6/h6-7H,2-5H2,1H3,(H,10,11). The third kappa shape index (κ3) is 3.10. The van der Waals surface area contributed by atoms with Gasteiger partial charge in [0.2, 0.25) is 5.91 Å². The van der Waals surface area contributed by atoms with E-state index in [1.165, 1.54) is 0 Å². The molecule has 3 heteroatoms.